The summed E-state index contributed by atoms with van der Waals surface area (Å²) in [6.45, 7) is 1.92. The molecule has 1 aliphatic heterocycles. The lowest BCUT2D eigenvalue weighted by atomic mass is 10.1. The number of rotatable bonds is 1. The molecule has 0 fully saturated rings. The number of nitrogens with zero attached hydrogens (tertiary/aromatic N) is 1. The molecular weight excluding hydrogens is 102 g/mol. The van der Waals surface area contributed by atoms with E-state index in [0.29, 0.717) is 6.42 Å². The van der Waals surface area contributed by atoms with Gasteiger partial charge < -0.3 is 5.11 Å². The Bertz CT molecular complexity index is 125. The highest BCUT2D eigenvalue weighted by Crippen LogP contribution is 2.12. The molecule has 1 aliphatic rings. The van der Waals surface area contributed by atoms with Crippen LogP contribution in [-0.2, 0) is 0 Å². The van der Waals surface area contributed by atoms with E-state index in [1.165, 1.54) is 0 Å². The largest absolute Gasteiger partial charge is 0.380 e. The van der Waals surface area contributed by atoms with Crippen molar-refractivity contribution in [3.05, 3.63) is 12.3 Å². The van der Waals surface area contributed by atoms with Gasteiger partial charge in [0.15, 0.2) is 0 Å². The van der Waals surface area contributed by atoms with Gasteiger partial charge in [0, 0.05) is 12.4 Å². The van der Waals surface area contributed by atoms with Gasteiger partial charge in [-0.25, -0.2) is 0 Å². The molecule has 44 valence electrons. The lowest BCUT2D eigenvalue weighted by molar-refractivity contribution is 0.166. The molecule has 0 saturated carbocycles. The van der Waals surface area contributed by atoms with Crippen molar-refractivity contribution in [3.63, 3.8) is 0 Å². The molecule has 0 radical (unpaired) electrons. The number of aliphatic imine (C=N–C) groups is 1. The molecule has 0 spiro atoms. The van der Waals surface area contributed by atoms with E-state index in [1.54, 1.807) is 18.5 Å². The van der Waals surface area contributed by atoms with Crippen molar-refractivity contribution in [2.24, 2.45) is 4.99 Å². The van der Waals surface area contributed by atoms with Crippen molar-refractivity contribution < 1.29 is 5.11 Å². The maximum absolute atomic E-state index is 9.26. The van der Waals surface area contributed by atoms with E-state index in [9.17, 15) is 5.11 Å². The minimum Gasteiger partial charge on any atom is -0.380 e. The molecule has 8 heavy (non-hydrogen) atoms. The molecule has 2 nitrogen and oxygen atoms in total. The van der Waals surface area contributed by atoms with Crippen LogP contribution >= 0.6 is 0 Å². The summed E-state index contributed by atoms with van der Waals surface area (Å²) in [6, 6.07) is 0. The molecule has 1 rings (SSSR count). The van der Waals surface area contributed by atoms with Gasteiger partial charge in [-0.1, -0.05) is 6.92 Å². The second-order valence-electron chi connectivity index (χ2n) is 1.94. The van der Waals surface area contributed by atoms with Crippen LogP contribution in [0.2, 0.25) is 0 Å². The fourth-order valence-electron chi connectivity index (χ4n) is 0.596. The lowest BCUT2D eigenvalue weighted by Gasteiger charge is -2.11. The van der Waals surface area contributed by atoms with Crippen molar-refractivity contribution in [2.75, 3.05) is 0 Å². The zero-order valence-corrected chi connectivity index (χ0v) is 4.83. The van der Waals surface area contributed by atoms with Crippen LogP contribution in [-0.4, -0.2) is 16.9 Å². The Morgan fingerprint density at radius 2 is 2.50 bits per heavy atom. The summed E-state index contributed by atoms with van der Waals surface area (Å²) in [5.74, 6) is 0. The predicted octanol–water partition coefficient (Wildman–Crippen LogP) is 0.726. The number of hydrogen-bond donors (Lipinski definition) is 1. The molecule has 0 aromatic heterocycles. The number of aliphatic hydroxyl groups is 1. The molecule has 0 aromatic rings. The van der Waals surface area contributed by atoms with Crippen LogP contribution in [0.1, 0.15) is 13.3 Å². The van der Waals surface area contributed by atoms with Gasteiger partial charge in [-0.15, -0.1) is 0 Å². The third-order valence-electron chi connectivity index (χ3n) is 1.31. The predicted molar refractivity (Wildman–Crippen MR) is 32.9 cm³/mol. The van der Waals surface area contributed by atoms with E-state index < -0.39 is 5.60 Å². The smallest absolute Gasteiger partial charge is 0.119 e. The Morgan fingerprint density at radius 3 is 2.75 bits per heavy atom. The van der Waals surface area contributed by atoms with E-state index in [4.69, 9.17) is 0 Å². The molecule has 0 aromatic carbocycles. The highest BCUT2D eigenvalue weighted by Gasteiger charge is 2.19. The van der Waals surface area contributed by atoms with Crippen molar-refractivity contribution >= 4 is 6.21 Å². The Morgan fingerprint density at radius 1 is 1.75 bits per heavy atom. The first kappa shape index (κ1) is 5.51. The van der Waals surface area contributed by atoms with Gasteiger partial charge in [-0.3, -0.25) is 4.99 Å². The van der Waals surface area contributed by atoms with Crippen LogP contribution < -0.4 is 0 Å². The van der Waals surface area contributed by atoms with Crippen molar-refractivity contribution in [2.45, 2.75) is 18.9 Å². The number of hydrogen-bond acceptors (Lipinski definition) is 2. The van der Waals surface area contributed by atoms with E-state index >= 15 is 0 Å². The van der Waals surface area contributed by atoms with Crippen molar-refractivity contribution in [3.8, 4) is 0 Å². The van der Waals surface area contributed by atoms with Crippen LogP contribution in [0.15, 0.2) is 17.3 Å². The maximum Gasteiger partial charge on any atom is 0.119 e. The average Bonchev–Trinajstić information content (AvgIpc) is 2.17. The summed E-state index contributed by atoms with van der Waals surface area (Å²) in [5, 5.41) is 9.26. The van der Waals surface area contributed by atoms with Crippen LogP contribution in [0.25, 0.3) is 0 Å². The minimum absolute atomic E-state index is 0.701. The summed E-state index contributed by atoms with van der Waals surface area (Å²) in [4.78, 5) is 3.75. The summed E-state index contributed by atoms with van der Waals surface area (Å²) in [7, 11) is 0. The van der Waals surface area contributed by atoms with Crippen LogP contribution in [0, 0.1) is 0 Å². The third kappa shape index (κ3) is 0.793. The molecule has 1 heterocycles. The molecule has 0 bridgehead atoms. The summed E-state index contributed by atoms with van der Waals surface area (Å²) >= 11 is 0. The van der Waals surface area contributed by atoms with E-state index in [-0.39, 0.29) is 0 Å². The van der Waals surface area contributed by atoms with Gasteiger partial charge in [0.25, 0.3) is 0 Å². The highest BCUT2D eigenvalue weighted by atomic mass is 16.3. The fourth-order valence-corrected chi connectivity index (χ4v) is 0.596. The normalized spacial score (nSPS) is 34.2. The van der Waals surface area contributed by atoms with E-state index in [0.717, 1.165) is 0 Å². The molecular formula is C6H9NO. The van der Waals surface area contributed by atoms with Gasteiger partial charge >= 0.3 is 0 Å². The van der Waals surface area contributed by atoms with Crippen LogP contribution in [0.5, 0.6) is 0 Å². The SMILES string of the molecule is CCC1(O)C=CN=C1. The topological polar surface area (TPSA) is 32.6 Å². The molecule has 1 atom stereocenters. The fraction of sp³-hybridized carbons (Fsp3) is 0.500. The zero-order valence-electron chi connectivity index (χ0n) is 4.83. The second kappa shape index (κ2) is 1.71. The van der Waals surface area contributed by atoms with Gasteiger partial charge in [0.2, 0.25) is 0 Å². The van der Waals surface area contributed by atoms with Crippen molar-refractivity contribution in [1.29, 1.82) is 0 Å². The summed E-state index contributed by atoms with van der Waals surface area (Å²) in [5.41, 5.74) is -0.736. The van der Waals surface area contributed by atoms with Gasteiger partial charge in [-0.05, 0) is 12.5 Å². The van der Waals surface area contributed by atoms with Crippen LogP contribution in [0.3, 0.4) is 0 Å². The van der Waals surface area contributed by atoms with Gasteiger partial charge in [0.05, 0.1) is 0 Å². The Hall–Kier alpha value is -0.630. The summed E-state index contributed by atoms with van der Waals surface area (Å²) < 4.78 is 0. The second-order valence-corrected chi connectivity index (χ2v) is 1.94. The Labute approximate surface area is 48.6 Å². The summed E-state index contributed by atoms with van der Waals surface area (Å²) in [6.07, 6.45) is 5.55. The monoisotopic (exact) mass is 111 g/mol. The third-order valence-corrected chi connectivity index (χ3v) is 1.31. The van der Waals surface area contributed by atoms with Crippen molar-refractivity contribution in [1.82, 2.24) is 0 Å². The molecule has 0 amide bonds. The maximum atomic E-state index is 9.26. The lowest BCUT2D eigenvalue weighted by Crippen LogP contribution is -2.23. The first-order valence-corrected chi connectivity index (χ1v) is 2.71. The Kier molecular flexibility index (Phi) is 1.18. The standard InChI is InChI=1S/C6H9NO/c1-2-6(8)3-4-7-5-6/h3-5,8H,2H2,1H3. The van der Waals surface area contributed by atoms with Gasteiger partial charge in [0.1, 0.15) is 5.60 Å². The van der Waals surface area contributed by atoms with E-state index in [1.807, 2.05) is 6.92 Å². The molecule has 1 unspecified atom stereocenters. The Balaban J connectivity index is 2.69. The molecule has 2 heteroatoms. The highest BCUT2D eigenvalue weighted by molar-refractivity contribution is 5.74. The van der Waals surface area contributed by atoms with Gasteiger partial charge in [-0.2, -0.15) is 0 Å². The van der Waals surface area contributed by atoms with E-state index in [2.05, 4.69) is 4.99 Å². The molecule has 0 saturated heterocycles. The minimum atomic E-state index is -0.736. The first-order valence-electron chi connectivity index (χ1n) is 2.71. The van der Waals surface area contributed by atoms with Crippen LogP contribution in [0.4, 0.5) is 0 Å². The molecule has 1 N–H and O–H groups in total. The molecule has 0 aliphatic carbocycles. The quantitative estimate of drug-likeness (QED) is 0.531. The first-order chi connectivity index (χ1) is 3.77. The zero-order chi connectivity index (χ0) is 6.04. The average molecular weight is 111 g/mol.